The molecular weight excluding hydrogens is 202 g/mol. The van der Waals surface area contributed by atoms with E-state index in [2.05, 4.69) is 28.7 Å². The van der Waals surface area contributed by atoms with Gasteiger partial charge < -0.3 is 10.0 Å². The number of rotatable bonds is 2. The summed E-state index contributed by atoms with van der Waals surface area (Å²) in [4.78, 5) is 11.0. The van der Waals surface area contributed by atoms with Crippen LogP contribution in [0, 0.1) is 12.3 Å². The summed E-state index contributed by atoms with van der Waals surface area (Å²) < 4.78 is 0. The van der Waals surface area contributed by atoms with Crippen LogP contribution >= 0.6 is 0 Å². The highest BCUT2D eigenvalue weighted by Gasteiger charge is 2.30. The Morgan fingerprint density at radius 3 is 2.75 bits per heavy atom. The molecule has 1 fully saturated rings. The Labute approximate surface area is 96.3 Å². The Kier molecular flexibility index (Phi) is 2.84. The fraction of sp³-hybridized carbons (Fsp3) is 0.667. The maximum Gasteiger partial charge on any atom is 0.225 e. The molecule has 4 heteroatoms. The lowest BCUT2D eigenvalue weighted by atomic mass is 9.93. The minimum absolute atomic E-state index is 0.0115. The number of hydrogen-bond acceptors (Lipinski definition) is 4. The van der Waals surface area contributed by atoms with Crippen LogP contribution in [0.3, 0.4) is 0 Å². The quantitative estimate of drug-likeness (QED) is 0.822. The summed E-state index contributed by atoms with van der Waals surface area (Å²) >= 11 is 0. The Balaban J connectivity index is 2.20. The Morgan fingerprint density at radius 2 is 2.25 bits per heavy atom. The van der Waals surface area contributed by atoms with Gasteiger partial charge in [-0.3, -0.25) is 0 Å². The van der Waals surface area contributed by atoms with Crippen molar-refractivity contribution in [3.05, 3.63) is 17.5 Å². The van der Waals surface area contributed by atoms with E-state index in [1.54, 1.807) is 6.20 Å². The second kappa shape index (κ2) is 4.01. The molecule has 0 unspecified atom stereocenters. The Morgan fingerprint density at radius 1 is 1.50 bits per heavy atom. The minimum atomic E-state index is 0.0115. The molecule has 1 aliphatic heterocycles. The highest BCUT2D eigenvalue weighted by molar-refractivity contribution is 5.34. The van der Waals surface area contributed by atoms with Gasteiger partial charge in [-0.2, -0.15) is 0 Å². The van der Waals surface area contributed by atoms with Gasteiger partial charge >= 0.3 is 0 Å². The van der Waals surface area contributed by atoms with Crippen LogP contribution in [0.15, 0.2) is 6.20 Å². The van der Waals surface area contributed by atoms with Crippen LogP contribution in [0.25, 0.3) is 0 Å². The summed E-state index contributed by atoms with van der Waals surface area (Å²) in [7, 11) is 0. The molecule has 0 aliphatic carbocycles. The molecule has 4 nitrogen and oxygen atoms in total. The Hall–Kier alpha value is -1.16. The van der Waals surface area contributed by atoms with Gasteiger partial charge in [0.2, 0.25) is 5.95 Å². The van der Waals surface area contributed by atoms with E-state index in [0.29, 0.717) is 5.41 Å². The van der Waals surface area contributed by atoms with Gasteiger partial charge in [0.25, 0.3) is 0 Å². The Bertz CT molecular complexity index is 390. The van der Waals surface area contributed by atoms with Crippen LogP contribution in [-0.2, 0) is 6.61 Å². The van der Waals surface area contributed by atoms with E-state index in [-0.39, 0.29) is 6.61 Å². The summed E-state index contributed by atoms with van der Waals surface area (Å²) in [6.07, 6.45) is 2.90. The van der Waals surface area contributed by atoms with E-state index in [4.69, 9.17) is 5.11 Å². The molecule has 0 amide bonds. The van der Waals surface area contributed by atoms with Crippen molar-refractivity contribution in [1.82, 2.24) is 9.97 Å². The van der Waals surface area contributed by atoms with Gasteiger partial charge in [0.1, 0.15) is 0 Å². The normalized spacial score (nSPS) is 19.1. The van der Waals surface area contributed by atoms with Crippen molar-refractivity contribution in [1.29, 1.82) is 0 Å². The molecule has 1 aliphatic rings. The summed E-state index contributed by atoms with van der Waals surface area (Å²) in [5.74, 6) is 0.792. The number of aliphatic hydroxyl groups is 1. The molecule has 0 bridgehead atoms. The van der Waals surface area contributed by atoms with Gasteiger partial charge in [0.05, 0.1) is 6.61 Å². The van der Waals surface area contributed by atoms with Crippen molar-refractivity contribution in [3.63, 3.8) is 0 Å². The summed E-state index contributed by atoms with van der Waals surface area (Å²) in [5.41, 5.74) is 2.03. The predicted molar refractivity (Wildman–Crippen MR) is 63.3 cm³/mol. The van der Waals surface area contributed by atoms with Crippen LogP contribution in [0.5, 0.6) is 0 Å². The van der Waals surface area contributed by atoms with Crippen LogP contribution < -0.4 is 4.90 Å². The monoisotopic (exact) mass is 221 g/mol. The zero-order chi connectivity index (χ0) is 11.8. The number of aromatic nitrogens is 2. The largest absolute Gasteiger partial charge is 0.392 e. The van der Waals surface area contributed by atoms with Crippen LogP contribution in [0.2, 0.25) is 0 Å². The summed E-state index contributed by atoms with van der Waals surface area (Å²) in [6, 6.07) is 0. The van der Waals surface area contributed by atoms with E-state index in [0.717, 1.165) is 30.3 Å². The summed E-state index contributed by atoms with van der Waals surface area (Å²) in [5, 5.41) is 9.06. The molecule has 1 aromatic rings. The number of hydrogen-bond donors (Lipinski definition) is 1. The standard InChI is InChI=1S/C12H19N3O/c1-9-10(7-16)6-13-11(14-9)15-5-4-12(2,3)8-15/h6,16H,4-5,7-8H2,1-3H3. The number of anilines is 1. The zero-order valence-corrected chi connectivity index (χ0v) is 10.2. The molecule has 1 saturated heterocycles. The van der Waals surface area contributed by atoms with Crippen LogP contribution in [0.1, 0.15) is 31.5 Å². The fourth-order valence-corrected chi connectivity index (χ4v) is 2.07. The first kappa shape index (κ1) is 11.3. The zero-order valence-electron chi connectivity index (χ0n) is 10.2. The second-order valence-corrected chi connectivity index (χ2v) is 5.27. The van der Waals surface area contributed by atoms with Crippen molar-refractivity contribution in [2.75, 3.05) is 18.0 Å². The summed E-state index contributed by atoms with van der Waals surface area (Å²) in [6.45, 7) is 8.48. The molecule has 1 N–H and O–H groups in total. The van der Waals surface area contributed by atoms with Gasteiger partial charge in [-0.25, -0.2) is 9.97 Å². The van der Waals surface area contributed by atoms with Crippen molar-refractivity contribution in [2.45, 2.75) is 33.8 Å². The SMILES string of the molecule is Cc1nc(N2CCC(C)(C)C2)ncc1CO. The van der Waals surface area contributed by atoms with E-state index in [1.165, 1.54) is 6.42 Å². The average Bonchev–Trinajstić information content (AvgIpc) is 2.59. The predicted octanol–water partition coefficient (Wildman–Crippen LogP) is 1.51. The lowest BCUT2D eigenvalue weighted by Crippen LogP contribution is -2.25. The maximum atomic E-state index is 9.06. The molecule has 1 aromatic heterocycles. The third kappa shape index (κ3) is 2.16. The van der Waals surface area contributed by atoms with E-state index < -0.39 is 0 Å². The third-order valence-electron chi connectivity index (χ3n) is 3.20. The lowest BCUT2D eigenvalue weighted by Gasteiger charge is -2.20. The van der Waals surface area contributed by atoms with Crippen molar-refractivity contribution in [2.24, 2.45) is 5.41 Å². The molecule has 2 rings (SSSR count). The molecule has 0 saturated carbocycles. The molecular formula is C12H19N3O. The highest BCUT2D eigenvalue weighted by atomic mass is 16.3. The van der Waals surface area contributed by atoms with E-state index in [1.807, 2.05) is 6.92 Å². The molecule has 0 atom stereocenters. The van der Waals surface area contributed by atoms with Gasteiger partial charge in [-0.15, -0.1) is 0 Å². The lowest BCUT2D eigenvalue weighted by molar-refractivity contribution is 0.280. The number of aryl methyl sites for hydroxylation is 1. The molecule has 2 heterocycles. The van der Waals surface area contributed by atoms with Crippen LogP contribution in [-0.4, -0.2) is 28.2 Å². The van der Waals surface area contributed by atoms with Gasteiger partial charge in [0.15, 0.2) is 0 Å². The number of aliphatic hydroxyl groups excluding tert-OH is 1. The molecule has 0 spiro atoms. The highest BCUT2D eigenvalue weighted by Crippen LogP contribution is 2.30. The second-order valence-electron chi connectivity index (χ2n) is 5.27. The molecule has 0 radical (unpaired) electrons. The minimum Gasteiger partial charge on any atom is -0.392 e. The number of nitrogens with zero attached hydrogens (tertiary/aromatic N) is 3. The first-order valence-corrected chi connectivity index (χ1v) is 5.70. The molecule has 16 heavy (non-hydrogen) atoms. The van der Waals surface area contributed by atoms with Gasteiger partial charge in [-0.05, 0) is 18.8 Å². The van der Waals surface area contributed by atoms with Crippen molar-refractivity contribution in [3.8, 4) is 0 Å². The van der Waals surface area contributed by atoms with Crippen molar-refractivity contribution < 1.29 is 5.11 Å². The van der Waals surface area contributed by atoms with Crippen molar-refractivity contribution >= 4 is 5.95 Å². The fourth-order valence-electron chi connectivity index (χ4n) is 2.07. The molecule has 88 valence electrons. The van der Waals surface area contributed by atoms with Gasteiger partial charge in [-0.1, -0.05) is 13.8 Å². The maximum absolute atomic E-state index is 9.06. The first-order valence-electron chi connectivity index (χ1n) is 5.70. The van der Waals surface area contributed by atoms with Crippen LogP contribution in [0.4, 0.5) is 5.95 Å². The van der Waals surface area contributed by atoms with Gasteiger partial charge in [0, 0.05) is 30.5 Å². The third-order valence-corrected chi connectivity index (χ3v) is 3.20. The van der Waals surface area contributed by atoms with E-state index in [9.17, 15) is 0 Å². The topological polar surface area (TPSA) is 49.2 Å². The molecule has 0 aromatic carbocycles. The smallest absolute Gasteiger partial charge is 0.225 e. The average molecular weight is 221 g/mol. The van der Waals surface area contributed by atoms with E-state index >= 15 is 0 Å². The first-order chi connectivity index (χ1) is 7.52.